The van der Waals surface area contributed by atoms with E-state index in [2.05, 4.69) is 33.0 Å². The molecule has 0 radical (unpaired) electrons. The molecule has 2 aliphatic heterocycles. The minimum absolute atomic E-state index is 0. The summed E-state index contributed by atoms with van der Waals surface area (Å²) in [4.78, 5) is 16.0. The van der Waals surface area contributed by atoms with Gasteiger partial charge in [-0.3, -0.25) is 9.69 Å². The lowest BCUT2D eigenvalue weighted by Crippen LogP contribution is -2.38. The fourth-order valence-corrected chi connectivity index (χ4v) is 4.36. The molecule has 1 aromatic rings. The predicted molar refractivity (Wildman–Crippen MR) is 110 cm³/mol. The van der Waals surface area contributed by atoms with Gasteiger partial charge in [-0.2, -0.15) is 0 Å². The average Bonchev–Trinajstić information content (AvgIpc) is 3.26. The molecule has 0 spiro atoms. The Morgan fingerprint density at radius 3 is 2.68 bits per heavy atom. The molecule has 2 N–H and O–H groups in total. The van der Waals surface area contributed by atoms with Gasteiger partial charge in [0.2, 0.25) is 5.91 Å². The number of thiophene rings is 1. The van der Waals surface area contributed by atoms with Gasteiger partial charge in [0, 0.05) is 24.4 Å². The molecule has 2 fully saturated rings. The summed E-state index contributed by atoms with van der Waals surface area (Å²) in [5.41, 5.74) is 0. The molecular formula is C18H31Cl2N3OS. The second kappa shape index (κ2) is 12.1. The van der Waals surface area contributed by atoms with E-state index >= 15 is 0 Å². The molecule has 25 heavy (non-hydrogen) atoms. The van der Waals surface area contributed by atoms with Crippen LogP contribution in [0.15, 0.2) is 17.5 Å². The Kier molecular flexibility index (Phi) is 11.0. The van der Waals surface area contributed by atoms with Crippen LogP contribution < -0.4 is 10.6 Å². The van der Waals surface area contributed by atoms with E-state index in [1.54, 1.807) is 0 Å². The van der Waals surface area contributed by atoms with E-state index in [1.807, 2.05) is 11.3 Å². The second-order valence-corrected chi connectivity index (χ2v) is 8.03. The van der Waals surface area contributed by atoms with Crippen LogP contribution >= 0.6 is 36.2 Å². The number of carbonyl (C=O) groups excluding carboxylic acids is 1. The van der Waals surface area contributed by atoms with Crippen molar-refractivity contribution in [1.29, 1.82) is 0 Å². The summed E-state index contributed by atoms with van der Waals surface area (Å²) in [6, 6.07) is 4.35. The Morgan fingerprint density at radius 2 is 2.04 bits per heavy atom. The van der Waals surface area contributed by atoms with E-state index < -0.39 is 0 Å². The maximum atomic E-state index is 12.0. The summed E-state index contributed by atoms with van der Waals surface area (Å²) in [5, 5.41) is 8.68. The third-order valence-corrected chi connectivity index (χ3v) is 6.06. The van der Waals surface area contributed by atoms with Crippen molar-refractivity contribution < 1.29 is 4.79 Å². The Bertz CT molecular complexity index is 473. The van der Waals surface area contributed by atoms with Gasteiger partial charge < -0.3 is 10.6 Å². The molecule has 4 nitrogen and oxygen atoms in total. The normalized spacial score (nSPS) is 21.4. The maximum Gasteiger partial charge on any atom is 0.220 e. The highest BCUT2D eigenvalue weighted by Crippen LogP contribution is 2.20. The van der Waals surface area contributed by atoms with Crippen molar-refractivity contribution in [3.63, 3.8) is 0 Å². The molecule has 1 aromatic heterocycles. The number of nitrogens with zero attached hydrogens (tertiary/aromatic N) is 1. The molecular weight excluding hydrogens is 377 g/mol. The zero-order valence-electron chi connectivity index (χ0n) is 14.7. The van der Waals surface area contributed by atoms with Crippen LogP contribution in [-0.2, 0) is 11.3 Å². The molecule has 0 aromatic carbocycles. The van der Waals surface area contributed by atoms with Crippen molar-refractivity contribution in [2.24, 2.45) is 11.8 Å². The highest BCUT2D eigenvalue weighted by atomic mass is 35.5. The highest BCUT2D eigenvalue weighted by molar-refractivity contribution is 7.09. The van der Waals surface area contributed by atoms with E-state index in [0.29, 0.717) is 18.3 Å². The van der Waals surface area contributed by atoms with Crippen LogP contribution in [0.2, 0.25) is 0 Å². The lowest BCUT2D eigenvalue weighted by molar-refractivity contribution is -0.121. The van der Waals surface area contributed by atoms with Gasteiger partial charge in [-0.1, -0.05) is 6.07 Å². The summed E-state index contributed by atoms with van der Waals surface area (Å²) in [7, 11) is 0. The first kappa shape index (κ1) is 22.7. The number of rotatable bonds is 7. The Labute approximate surface area is 167 Å². The first-order chi connectivity index (χ1) is 11.3. The third kappa shape index (κ3) is 7.83. The standard InChI is InChI=1S/C18H29N3OS.2ClH/c22-18(4-3-15-5-8-19-12-15)20-13-16-6-9-21(10-7-16)14-17-2-1-11-23-17;;/h1-2,11,15-16,19H,3-10,12-14H2,(H,20,22);2*1H. The van der Waals surface area contributed by atoms with E-state index in [-0.39, 0.29) is 30.7 Å². The number of amides is 1. The number of nitrogens with one attached hydrogen (secondary N) is 2. The zero-order valence-corrected chi connectivity index (χ0v) is 17.2. The Morgan fingerprint density at radius 1 is 1.24 bits per heavy atom. The third-order valence-electron chi connectivity index (χ3n) is 5.20. The van der Waals surface area contributed by atoms with E-state index in [1.165, 1.54) is 24.1 Å². The van der Waals surface area contributed by atoms with Crippen LogP contribution in [0.4, 0.5) is 0 Å². The minimum atomic E-state index is 0. The van der Waals surface area contributed by atoms with E-state index in [9.17, 15) is 4.79 Å². The van der Waals surface area contributed by atoms with Gasteiger partial charge in [0.1, 0.15) is 0 Å². The van der Waals surface area contributed by atoms with E-state index in [4.69, 9.17) is 0 Å². The van der Waals surface area contributed by atoms with Crippen molar-refractivity contribution in [1.82, 2.24) is 15.5 Å². The average molecular weight is 408 g/mol. The van der Waals surface area contributed by atoms with Crippen LogP contribution in [0.5, 0.6) is 0 Å². The van der Waals surface area contributed by atoms with Crippen molar-refractivity contribution in [2.45, 2.75) is 38.6 Å². The molecule has 2 saturated heterocycles. The van der Waals surface area contributed by atoms with Gasteiger partial charge in [-0.25, -0.2) is 0 Å². The van der Waals surface area contributed by atoms with Gasteiger partial charge in [0.25, 0.3) is 0 Å². The summed E-state index contributed by atoms with van der Waals surface area (Å²) >= 11 is 1.84. The molecule has 3 rings (SSSR count). The Balaban J connectivity index is 0.00000156. The van der Waals surface area contributed by atoms with Crippen LogP contribution in [0.25, 0.3) is 0 Å². The summed E-state index contributed by atoms with van der Waals surface area (Å²) in [6.07, 6.45) is 5.38. The fourth-order valence-electron chi connectivity index (χ4n) is 3.61. The first-order valence-electron chi connectivity index (χ1n) is 9.02. The lowest BCUT2D eigenvalue weighted by Gasteiger charge is -2.31. The van der Waals surface area contributed by atoms with Crippen LogP contribution in [0, 0.1) is 11.8 Å². The quantitative estimate of drug-likeness (QED) is 0.728. The number of hydrogen-bond acceptors (Lipinski definition) is 4. The molecule has 1 atom stereocenters. The van der Waals surface area contributed by atoms with Crippen molar-refractivity contribution in [3.8, 4) is 0 Å². The largest absolute Gasteiger partial charge is 0.356 e. The second-order valence-electron chi connectivity index (χ2n) is 7.00. The number of hydrogen-bond donors (Lipinski definition) is 2. The molecule has 144 valence electrons. The predicted octanol–water partition coefficient (Wildman–Crippen LogP) is 3.31. The Hall–Kier alpha value is -0.330. The molecule has 0 aliphatic carbocycles. The van der Waals surface area contributed by atoms with Crippen LogP contribution in [-0.4, -0.2) is 43.5 Å². The zero-order chi connectivity index (χ0) is 15.9. The number of halogens is 2. The molecule has 7 heteroatoms. The molecule has 0 bridgehead atoms. The highest BCUT2D eigenvalue weighted by Gasteiger charge is 2.20. The summed E-state index contributed by atoms with van der Waals surface area (Å²) < 4.78 is 0. The van der Waals surface area contributed by atoms with Crippen molar-refractivity contribution >= 4 is 42.1 Å². The lowest BCUT2D eigenvalue weighted by atomic mass is 9.96. The van der Waals surface area contributed by atoms with Gasteiger partial charge in [-0.15, -0.1) is 36.2 Å². The van der Waals surface area contributed by atoms with Gasteiger partial charge >= 0.3 is 0 Å². The fraction of sp³-hybridized carbons (Fsp3) is 0.722. The smallest absolute Gasteiger partial charge is 0.220 e. The van der Waals surface area contributed by atoms with Crippen LogP contribution in [0.3, 0.4) is 0 Å². The molecule has 1 unspecified atom stereocenters. The monoisotopic (exact) mass is 407 g/mol. The molecule has 2 aliphatic rings. The van der Waals surface area contributed by atoms with Crippen molar-refractivity contribution in [3.05, 3.63) is 22.4 Å². The molecule has 0 saturated carbocycles. The van der Waals surface area contributed by atoms with E-state index in [0.717, 1.165) is 45.7 Å². The molecule has 1 amide bonds. The van der Waals surface area contributed by atoms with Gasteiger partial charge in [0.15, 0.2) is 0 Å². The SMILES string of the molecule is Cl.Cl.O=C(CCC1CCNC1)NCC1CCN(Cc2cccs2)CC1. The summed E-state index contributed by atoms with van der Waals surface area (Å²) in [6.45, 7) is 6.49. The van der Waals surface area contributed by atoms with Gasteiger partial charge in [-0.05, 0) is 75.1 Å². The topological polar surface area (TPSA) is 44.4 Å². The van der Waals surface area contributed by atoms with Crippen molar-refractivity contribution in [2.75, 3.05) is 32.7 Å². The number of likely N-dealkylation sites (tertiary alicyclic amines) is 1. The maximum absolute atomic E-state index is 12.0. The molecule has 3 heterocycles. The first-order valence-corrected chi connectivity index (χ1v) is 9.89. The minimum Gasteiger partial charge on any atom is -0.356 e. The van der Waals surface area contributed by atoms with Crippen LogP contribution in [0.1, 0.15) is 37.0 Å². The number of piperidine rings is 1. The van der Waals surface area contributed by atoms with Gasteiger partial charge in [0.05, 0.1) is 0 Å². The summed E-state index contributed by atoms with van der Waals surface area (Å²) in [5.74, 6) is 1.62. The number of carbonyl (C=O) groups is 1.